The highest BCUT2D eigenvalue weighted by molar-refractivity contribution is 6.31. The van der Waals surface area contributed by atoms with Gasteiger partial charge in [0, 0.05) is 0 Å². The zero-order valence-electron chi connectivity index (χ0n) is 11.1. The van der Waals surface area contributed by atoms with Crippen LogP contribution in [0.15, 0.2) is 12.2 Å². The van der Waals surface area contributed by atoms with Crippen molar-refractivity contribution >= 4 is 58.3 Å². The number of aromatic nitrogens is 6. The van der Waals surface area contributed by atoms with Gasteiger partial charge in [0.1, 0.15) is 0 Å². The van der Waals surface area contributed by atoms with Gasteiger partial charge in [-0.3, -0.25) is 0 Å². The van der Waals surface area contributed by atoms with E-state index in [1.54, 1.807) is 10.0 Å². The monoisotopic (exact) mass is 390 g/mol. The third kappa shape index (κ3) is 2.65. The van der Waals surface area contributed by atoms with Gasteiger partial charge in [0.25, 0.3) is 11.9 Å². The normalized spacial score (nSPS) is 22.3. The second-order valence-electron chi connectivity index (χ2n) is 4.79. The number of rotatable bonds is 2. The van der Waals surface area contributed by atoms with Gasteiger partial charge in [-0.25, -0.2) is 10.0 Å². The fraction of sp³-hybridized carbons (Fsp3) is 0.273. The summed E-state index contributed by atoms with van der Waals surface area (Å²) < 4.78 is 0. The number of fused-ring (bicyclic) bond motifs is 2. The summed E-state index contributed by atoms with van der Waals surface area (Å²) in [6, 6.07) is 0.0349. The Kier molecular flexibility index (Phi) is 3.64. The molecule has 0 saturated carbocycles. The van der Waals surface area contributed by atoms with Crippen molar-refractivity contribution in [2.45, 2.75) is 18.5 Å². The molecule has 1 saturated heterocycles. The SMILES string of the molecule is Clc1nc(Cl)nc(N2C3C=CC(C3)N2c2nc(Cl)nc(Cl)n2)n1. The van der Waals surface area contributed by atoms with Gasteiger partial charge in [-0.05, 0) is 52.8 Å². The molecule has 2 aromatic rings. The molecule has 0 radical (unpaired) electrons. The molecule has 2 unspecified atom stereocenters. The Balaban J connectivity index is 1.82. The molecule has 2 atom stereocenters. The van der Waals surface area contributed by atoms with Crippen molar-refractivity contribution in [2.24, 2.45) is 0 Å². The van der Waals surface area contributed by atoms with E-state index < -0.39 is 0 Å². The molecule has 0 amide bonds. The van der Waals surface area contributed by atoms with Gasteiger partial charge in [0.2, 0.25) is 21.1 Å². The van der Waals surface area contributed by atoms with Gasteiger partial charge in [-0.15, -0.1) is 0 Å². The van der Waals surface area contributed by atoms with E-state index in [1.807, 2.05) is 12.2 Å². The fourth-order valence-corrected chi connectivity index (χ4v) is 3.38. The molecule has 23 heavy (non-hydrogen) atoms. The van der Waals surface area contributed by atoms with Crippen LogP contribution in [0.3, 0.4) is 0 Å². The predicted molar refractivity (Wildman–Crippen MR) is 86.0 cm³/mol. The largest absolute Gasteiger partial charge is 0.250 e. The molecule has 2 aliphatic rings. The lowest BCUT2D eigenvalue weighted by molar-refractivity contribution is 0.711. The van der Waals surface area contributed by atoms with E-state index in [1.165, 1.54) is 0 Å². The first-order valence-electron chi connectivity index (χ1n) is 6.42. The first-order chi connectivity index (χ1) is 11.0. The van der Waals surface area contributed by atoms with Crippen LogP contribution < -0.4 is 10.0 Å². The van der Waals surface area contributed by atoms with E-state index in [0.29, 0.717) is 11.9 Å². The highest BCUT2D eigenvalue weighted by Gasteiger charge is 2.44. The van der Waals surface area contributed by atoms with Crippen LogP contribution in [0.5, 0.6) is 0 Å². The van der Waals surface area contributed by atoms with E-state index in [9.17, 15) is 0 Å². The molecule has 0 N–H and O–H groups in total. The van der Waals surface area contributed by atoms with Crippen LogP contribution in [0, 0.1) is 0 Å². The van der Waals surface area contributed by atoms with E-state index in [4.69, 9.17) is 46.4 Å². The van der Waals surface area contributed by atoms with Gasteiger partial charge in [0.05, 0.1) is 12.1 Å². The number of hydrazine groups is 1. The van der Waals surface area contributed by atoms with Crippen molar-refractivity contribution < 1.29 is 0 Å². The molecule has 0 aromatic carbocycles. The molecule has 0 spiro atoms. The number of hydrogen-bond donors (Lipinski definition) is 0. The van der Waals surface area contributed by atoms with E-state index in [-0.39, 0.29) is 33.2 Å². The maximum atomic E-state index is 5.88. The van der Waals surface area contributed by atoms with Crippen LogP contribution in [0.4, 0.5) is 11.9 Å². The van der Waals surface area contributed by atoms with Gasteiger partial charge < -0.3 is 0 Å². The van der Waals surface area contributed by atoms with Gasteiger partial charge >= 0.3 is 0 Å². The topological polar surface area (TPSA) is 83.8 Å². The first-order valence-corrected chi connectivity index (χ1v) is 7.93. The Hall–Kier alpha value is -1.48. The van der Waals surface area contributed by atoms with E-state index in [0.717, 1.165) is 6.42 Å². The molecule has 1 aliphatic carbocycles. The summed E-state index contributed by atoms with van der Waals surface area (Å²) in [5.74, 6) is 0.582. The molecular formula is C11H6Cl4N8. The van der Waals surface area contributed by atoms with E-state index in [2.05, 4.69) is 29.9 Å². The Bertz CT molecular complexity index is 709. The van der Waals surface area contributed by atoms with Gasteiger partial charge in [-0.1, -0.05) is 12.2 Å². The zero-order valence-corrected chi connectivity index (χ0v) is 14.1. The average molecular weight is 392 g/mol. The Morgan fingerprint density at radius 2 is 1.00 bits per heavy atom. The summed E-state index contributed by atoms with van der Waals surface area (Å²) in [7, 11) is 0. The summed E-state index contributed by atoms with van der Waals surface area (Å²) in [5.41, 5.74) is 0. The maximum Gasteiger partial charge on any atom is 0.250 e. The highest BCUT2D eigenvalue weighted by atomic mass is 35.5. The molecule has 1 fully saturated rings. The first kappa shape index (κ1) is 15.1. The molecule has 1 aliphatic heterocycles. The van der Waals surface area contributed by atoms with Crippen LogP contribution in [-0.2, 0) is 0 Å². The second-order valence-corrected chi connectivity index (χ2v) is 6.14. The summed E-state index contributed by atoms with van der Waals surface area (Å²) >= 11 is 23.5. The molecule has 2 aromatic heterocycles. The Morgan fingerprint density at radius 1 is 0.652 bits per heavy atom. The van der Waals surface area contributed by atoms with Crippen molar-refractivity contribution in [1.82, 2.24) is 29.9 Å². The summed E-state index contributed by atoms with van der Waals surface area (Å²) in [6.45, 7) is 0. The molecule has 12 heteroatoms. The lowest BCUT2D eigenvalue weighted by Gasteiger charge is -2.35. The lowest BCUT2D eigenvalue weighted by Crippen LogP contribution is -2.47. The van der Waals surface area contributed by atoms with Crippen molar-refractivity contribution in [2.75, 3.05) is 10.0 Å². The third-order valence-corrected chi connectivity index (χ3v) is 4.12. The quantitative estimate of drug-likeness (QED) is 0.722. The minimum atomic E-state index is -0.00147. The number of nitrogens with zero attached hydrogens (tertiary/aromatic N) is 8. The summed E-state index contributed by atoms with van der Waals surface area (Å²) in [5, 5.41) is 3.56. The summed E-state index contributed by atoms with van der Waals surface area (Å²) in [4.78, 5) is 24.0. The Morgan fingerprint density at radius 3 is 1.35 bits per heavy atom. The van der Waals surface area contributed by atoms with Crippen molar-refractivity contribution in [1.29, 1.82) is 0 Å². The number of hydrogen-bond acceptors (Lipinski definition) is 8. The molecule has 118 valence electrons. The van der Waals surface area contributed by atoms with Gasteiger partial charge in [-0.2, -0.15) is 29.9 Å². The number of anilines is 2. The van der Waals surface area contributed by atoms with Crippen LogP contribution in [0.25, 0.3) is 0 Å². The summed E-state index contributed by atoms with van der Waals surface area (Å²) in [6.07, 6.45) is 4.89. The highest BCUT2D eigenvalue weighted by Crippen LogP contribution is 2.37. The molecule has 4 rings (SSSR count). The standard InChI is InChI=1S/C11H6Cl4N8/c12-6-16-7(13)19-10(18-6)22-4-1-2-5(3-4)23(22)11-20-8(14)17-9(15)21-11/h1-2,4-5H,3H2. The minimum Gasteiger partial charge on any atom is -0.242 e. The van der Waals surface area contributed by atoms with Crippen LogP contribution in [0.2, 0.25) is 21.1 Å². The van der Waals surface area contributed by atoms with Crippen LogP contribution in [0.1, 0.15) is 6.42 Å². The number of halogens is 4. The Labute approximate surface area is 150 Å². The van der Waals surface area contributed by atoms with Crippen LogP contribution in [-0.4, -0.2) is 42.0 Å². The second kappa shape index (κ2) is 5.55. The van der Waals surface area contributed by atoms with E-state index >= 15 is 0 Å². The molecule has 2 bridgehead atoms. The minimum absolute atomic E-state index is 0.00147. The molecule has 3 heterocycles. The van der Waals surface area contributed by atoms with Gasteiger partial charge in [0.15, 0.2) is 0 Å². The zero-order chi connectivity index (χ0) is 16.1. The van der Waals surface area contributed by atoms with Crippen molar-refractivity contribution in [3.8, 4) is 0 Å². The predicted octanol–water partition coefficient (Wildman–Crippen LogP) is 2.61. The third-order valence-electron chi connectivity index (χ3n) is 3.45. The smallest absolute Gasteiger partial charge is 0.242 e. The van der Waals surface area contributed by atoms with Crippen molar-refractivity contribution in [3.63, 3.8) is 0 Å². The average Bonchev–Trinajstić information content (AvgIpc) is 3.05. The van der Waals surface area contributed by atoms with Crippen LogP contribution >= 0.6 is 46.4 Å². The molecular weight excluding hydrogens is 386 g/mol. The fourth-order valence-electron chi connectivity index (χ4n) is 2.67. The lowest BCUT2D eigenvalue weighted by atomic mass is 10.2. The maximum absolute atomic E-state index is 5.88. The molecule has 8 nitrogen and oxygen atoms in total. The van der Waals surface area contributed by atoms with Crippen molar-refractivity contribution in [3.05, 3.63) is 33.3 Å².